The third-order valence-corrected chi connectivity index (χ3v) is 2.91. The third kappa shape index (κ3) is 6.81. The Balaban J connectivity index is 2.17. The average molecular weight is 266 g/mol. The third-order valence-electron chi connectivity index (χ3n) is 2.91. The first-order valence-electron chi connectivity index (χ1n) is 6.97. The van der Waals surface area contributed by atoms with E-state index in [4.69, 9.17) is 11.6 Å². The fourth-order valence-corrected chi connectivity index (χ4v) is 1.88. The molecule has 0 saturated heterocycles. The zero-order valence-electron chi connectivity index (χ0n) is 11.9. The number of rotatable bonds is 9. The van der Waals surface area contributed by atoms with Crippen LogP contribution in [0.5, 0.6) is 0 Å². The summed E-state index contributed by atoms with van der Waals surface area (Å²) in [6.07, 6.45) is 6.30. The second-order valence-corrected chi connectivity index (χ2v) is 5.16. The molecule has 0 atom stereocenters. The number of nitrogens with two attached hydrogens (primary N) is 2. The van der Waals surface area contributed by atoms with Crippen LogP contribution in [-0.4, -0.2) is 16.5 Å². The summed E-state index contributed by atoms with van der Waals surface area (Å²) in [5, 5.41) is 3.23. The van der Waals surface area contributed by atoms with E-state index in [1.54, 1.807) is 6.07 Å². The molecule has 6 heteroatoms. The highest BCUT2D eigenvalue weighted by Crippen LogP contribution is 2.12. The summed E-state index contributed by atoms with van der Waals surface area (Å²) >= 11 is 0. The fourth-order valence-electron chi connectivity index (χ4n) is 1.88. The molecule has 0 unspecified atom stereocenters. The van der Waals surface area contributed by atoms with Gasteiger partial charge < -0.3 is 16.5 Å². The first-order chi connectivity index (χ1) is 9.11. The number of nitrogens with zero attached hydrogens (tertiary/aromatic N) is 2. The van der Waals surface area contributed by atoms with Gasteiger partial charge in [0.1, 0.15) is 11.6 Å². The van der Waals surface area contributed by atoms with Crippen molar-refractivity contribution in [2.24, 2.45) is 11.8 Å². The molecular formula is C13H26N6. The second-order valence-electron chi connectivity index (χ2n) is 5.16. The van der Waals surface area contributed by atoms with Gasteiger partial charge in [-0.05, 0) is 12.3 Å². The summed E-state index contributed by atoms with van der Waals surface area (Å²) in [5.74, 6) is 7.56. The Kier molecular flexibility index (Phi) is 6.95. The van der Waals surface area contributed by atoms with Gasteiger partial charge in [-0.25, -0.2) is 5.84 Å². The molecule has 6 nitrogen and oxygen atoms in total. The number of hydrogen-bond donors (Lipinski definition) is 4. The van der Waals surface area contributed by atoms with Crippen LogP contribution in [0.25, 0.3) is 0 Å². The molecule has 0 aliphatic rings. The van der Waals surface area contributed by atoms with Crippen LogP contribution in [0, 0.1) is 5.92 Å². The molecule has 0 spiro atoms. The van der Waals surface area contributed by atoms with E-state index in [0.29, 0.717) is 11.6 Å². The van der Waals surface area contributed by atoms with Crippen molar-refractivity contribution in [3.05, 3.63) is 6.07 Å². The van der Waals surface area contributed by atoms with Crippen LogP contribution >= 0.6 is 0 Å². The lowest BCUT2D eigenvalue weighted by Gasteiger charge is -2.08. The van der Waals surface area contributed by atoms with Crippen LogP contribution < -0.4 is 22.3 Å². The minimum atomic E-state index is 0.217. The van der Waals surface area contributed by atoms with Crippen LogP contribution in [0.15, 0.2) is 6.07 Å². The maximum Gasteiger partial charge on any atom is 0.223 e. The van der Waals surface area contributed by atoms with Crippen molar-refractivity contribution in [3.8, 4) is 0 Å². The molecule has 0 amide bonds. The second kappa shape index (κ2) is 8.53. The lowest BCUT2D eigenvalue weighted by Crippen LogP contribution is -2.12. The average Bonchev–Trinajstić information content (AvgIpc) is 2.36. The van der Waals surface area contributed by atoms with Gasteiger partial charge in [0.15, 0.2) is 0 Å². The zero-order chi connectivity index (χ0) is 14.1. The Bertz CT molecular complexity index is 366. The molecule has 0 fully saturated rings. The summed E-state index contributed by atoms with van der Waals surface area (Å²) < 4.78 is 0. The first-order valence-corrected chi connectivity index (χ1v) is 6.97. The summed E-state index contributed by atoms with van der Waals surface area (Å²) in [7, 11) is 0. The Morgan fingerprint density at radius 3 is 2.47 bits per heavy atom. The number of nitrogen functional groups attached to an aromatic ring is 2. The molecule has 6 N–H and O–H groups in total. The van der Waals surface area contributed by atoms with Crippen LogP contribution in [0.2, 0.25) is 0 Å². The lowest BCUT2D eigenvalue weighted by atomic mass is 10.0. The predicted octanol–water partition coefficient (Wildman–Crippen LogP) is 2.36. The molecular weight excluding hydrogens is 240 g/mol. The predicted molar refractivity (Wildman–Crippen MR) is 80.7 cm³/mol. The Hall–Kier alpha value is -1.56. The highest BCUT2D eigenvalue weighted by Gasteiger charge is 2.00. The summed E-state index contributed by atoms with van der Waals surface area (Å²) in [4.78, 5) is 8.03. The molecule has 1 heterocycles. The quantitative estimate of drug-likeness (QED) is 0.311. The highest BCUT2D eigenvalue weighted by atomic mass is 15.3. The number of anilines is 3. The van der Waals surface area contributed by atoms with Crippen LogP contribution in [0.4, 0.5) is 17.6 Å². The van der Waals surface area contributed by atoms with Crippen molar-refractivity contribution in [1.82, 2.24) is 9.97 Å². The molecule has 108 valence electrons. The largest absolute Gasteiger partial charge is 0.370 e. The van der Waals surface area contributed by atoms with Gasteiger partial charge in [0, 0.05) is 12.6 Å². The lowest BCUT2D eigenvalue weighted by molar-refractivity contribution is 0.523. The molecule has 0 aliphatic carbocycles. The molecule has 1 aromatic heterocycles. The van der Waals surface area contributed by atoms with Crippen molar-refractivity contribution in [1.29, 1.82) is 0 Å². The fraction of sp³-hybridized carbons (Fsp3) is 0.692. The van der Waals surface area contributed by atoms with E-state index in [-0.39, 0.29) is 5.95 Å². The minimum Gasteiger partial charge on any atom is -0.370 e. The standard InChI is InChI=1S/C13H26N6/c1-10(2)7-5-3-4-6-8-16-11-9-12(19-15)18-13(14)17-11/h9-10H,3-8,15H2,1-2H3,(H4,14,16,17,18,19). The Morgan fingerprint density at radius 1 is 1.11 bits per heavy atom. The van der Waals surface area contributed by atoms with Crippen LogP contribution in [-0.2, 0) is 0 Å². The van der Waals surface area contributed by atoms with Gasteiger partial charge in [-0.2, -0.15) is 9.97 Å². The monoisotopic (exact) mass is 266 g/mol. The first kappa shape index (κ1) is 15.5. The van der Waals surface area contributed by atoms with Gasteiger partial charge in [-0.15, -0.1) is 0 Å². The van der Waals surface area contributed by atoms with Gasteiger partial charge in [0.2, 0.25) is 5.95 Å². The molecule has 0 aromatic carbocycles. The van der Waals surface area contributed by atoms with E-state index in [9.17, 15) is 0 Å². The SMILES string of the molecule is CC(C)CCCCCCNc1cc(NN)nc(N)n1. The van der Waals surface area contributed by atoms with E-state index < -0.39 is 0 Å². The van der Waals surface area contributed by atoms with E-state index in [1.165, 1.54) is 25.7 Å². The van der Waals surface area contributed by atoms with Crippen molar-refractivity contribution < 1.29 is 0 Å². The van der Waals surface area contributed by atoms with Gasteiger partial charge in [0.05, 0.1) is 0 Å². The number of unbranched alkanes of at least 4 members (excludes halogenated alkanes) is 3. The summed E-state index contributed by atoms with van der Waals surface area (Å²) in [6.45, 7) is 5.43. The number of aromatic nitrogens is 2. The molecule has 0 saturated carbocycles. The maximum atomic E-state index is 5.58. The smallest absolute Gasteiger partial charge is 0.223 e. The van der Waals surface area contributed by atoms with Crippen molar-refractivity contribution in [2.45, 2.75) is 46.0 Å². The number of nitrogens with one attached hydrogen (secondary N) is 2. The van der Waals surface area contributed by atoms with Crippen LogP contribution in [0.1, 0.15) is 46.0 Å². The molecule has 0 radical (unpaired) electrons. The minimum absolute atomic E-state index is 0.217. The van der Waals surface area contributed by atoms with E-state index in [2.05, 4.69) is 34.6 Å². The zero-order valence-corrected chi connectivity index (χ0v) is 11.9. The molecule has 19 heavy (non-hydrogen) atoms. The van der Waals surface area contributed by atoms with Gasteiger partial charge >= 0.3 is 0 Å². The topological polar surface area (TPSA) is 102 Å². The molecule has 0 bridgehead atoms. The van der Waals surface area contributed by atoms with E-state index in [0.717, 1.165) is 18.9 Å². The van der Waals surface area contributed by atoms with E-state index >= 15 is 0 Å². The van der Waals surface area contributed by atoms with Gasteiger partial charge in [-0.3, -0.25) is 0 Å². The Morgan fingerprint density at radius 2 is 1.79 bits per heavy atom. The van der Waals surface area contributed by atoms with Gasteiger partial charge in [0.25, 0.3) is 0 Å². The maximum absolute atomic E-state index is 5.58. The highest BCUT2D eigenvalue weighted by molar-refractivity contribution is 5.50. The normalized spacial score (nSPS) is 10.7. The van der Waals surface area contributed by atoms with Crippen molar-refractivity contribution in [3.63, 3.8) is 0 Å². The molecule has 0 aliphatic heterocycles. The molecule has 1 aromatic rings. The summed E-state index contributed by atoms with van der Waals surface area (Å²) in [6, 6.07) is 1.75. The van der Waals surface area contributed by atoms with Gasteiger partial charge in [-0.1, -0.05) is 39.5 Å². The number of hydrogen-bond acceptors (Lipinski definition) is 6. The van der Waals surface area contributed by atoms with Crippen LogP contribution in [0.3, 0.4) is 0 Å². The summed E-state index contributed by atoms with van der Waals surface area (Å²) in [5.41, 5.74) is 8.04. The van der Waals surface area contributed by atoms with E-state index in [1.807, 2.05) is 0 Å². The van der Waals surface area contributed by atoms with Crippen molar-refractivity contribution >= 4 is 17.6 Å². The molecule has 1 rings (SSSR count). The van der Waals surface area contributed by atoms with Crippen molar-refractivity contribution in [2.75, 3.05) is 23.0 Å². The Labute approximate surface area is 115 Å². The number of hydrazine groups is 1.